The molecule has 0 aliphatic rings. The van der Waals surface area contributed by atoms with E-state index in [1.54, 1.807) is 6.07 Å². The lowest BCUT2D eigenvalue weighted by atomic mass is 10.0. The van der Waals surface area contributed by atoms with Crippen molar-refractivity contribution in [3.63, 3.8) is 0 Å². The third-order valence-electron chi connectivity index (χ3n) is 3.57. The van der Waals surface area contributed by atoms with Gasteiger partial charge in [-0.3, -0.25) is 4.79 Å². The Morgan fingerprint density at radius 3 is 2.38 bits per heavy atom. The monoisotopic (exact) mass is 365 g/mol. The predicted molar refractivity (Wildman–Crippen MR) is 95.8 cm³/mol. The number of methoxy groups -OCH3 is 1. The molecular formula is C19H27NO6. The van der Waals surface area contributed by atoms with Gasteiger partial charge in [0.25, 0.3) is 5.91 Å². The summed E-state index contributed by atoms with van der Waals surface area (Å²) in [6, 6.07) is 4.83. The molecule has 1 aromatic carbocycles. The summed E-state index contributed by atoms with van der Waals surface area (Å²) in [7, 11) is 1.26. The fourth-order valence-corrected chi connectivity index (χ4v) is 2.35. The van der Waals surface area contributed by atoms with Gasteiger partial charge in [0, 0.05) is 0 Å². The van der Waals surface area contributed by atoms with Gasteiger partial charge in [-0.25, -0.2) is 9.59 Å². The van der Waals surface area contributed by atoms with Crippen LogP contribution in [0.3, 0.4) is 0 Å². The van der Waals surface area contributed by atoms with Gasteiger partial charge in [-0.2, -0.15) is 0 Å². The molecule has 0 radical (unpaired) electrons. The summed E-state index contributed by atoms with van der Waals surface area (Å²) in [6.07, 6.45) is 0.433. The molecule has 0 spiro atoms. The fourth-order valence-electron chi connectivity index (χ4n) is 2.35. The average Bonchev–Trinajstić information content (AvgIpc) is 2.57. The molecule has 144 valence electrons. The molecule has 0 saturated heterocycles. The minimum atomic E-state index is -0.766. The number of ether oxygens (including phenoxy) is 3. The van der Waals surface area contributed by atoms with E-state index in [1.165, 1.54) is 7.11 Å². The number of nitrogens with one attached hydrogen (secondary N) is 1. The normalized spacial score (nSPS) is 11.6. The smallest absolute Gasteiger partial charge is 0.344 e. The Balaban J connectivity index is 2.42. The second kappa shape index (κ2) is 10.4. The molecule has 1 rings (SSSR count). The van der Waals surface area contributed by atoms with Gasteiger partial charge in [0.1, 0.15) is 11.8 Å². The number of carbonyl (C=O) groups is 3. The van der Waals surface area contributed by atoms with E-state index in [1.807, 2.05) is 39.8 Å². The maximum absolute atomic E-state index is 11.9. The molecule has 26 heavy (non-hydrogen) atoms. The van der Waals surface area contributed by atoms with Crippen molar-refractivity contribution in [2.75, 3.05) is 20.3 Å². The molecule has 7 nitrogen and oxygen atoms in total. The Morgan fingerprint density at radius 2 is 1.81 bits per heavy atom. The second-order valence-electron chi connectivity index (χ2n) is 6.49. The van der Waals surface area contributed by atoms with Crippen molar-refractivity contribution in [1.29, 1.82) is 0 Å². The molecule has 0 saturated carbocycles. The molecule has 7 heteroatoms. The molecule has 0 unspecified atom stereocenters. The molecule has 1 atom stereocenters. The SMILES string of the molecule is COC(=O)[C@@H](CC(C)C)NC(=O)COC(=O)COc1ccc(C)cc1C. The number of esters is 2. The Bertz CT molecular complexity index is 641. The Morgan fingerprint density at radius 1 is 1.12 bits per heavy atom. The summed E-state index contributed by atoms with van der Waals surface area (Å²) >= 11 is 0. The van der Waals surface area contributed by atoms with Crippen molar-refractivity contribution >= 4 is 17.8 Å². The standard InChI is InChI=1S/C19H27NO6/c1-12(2)8-15(19(23)24-5)20-17(21)10-26-18(22)11-25-16-7-6-13(3)9-14(16)4/h6-7,9,12,15H,8,10-11H2,1-5H3,(H,20,21)/t15-/m1/s1. The highest BCUT2D eigenvalue weighted by Crippen LogP contribution is 2.18. The molecule has 0 heterocycles. The van der Waals surface area contributed by atoms with Gasteiger partial charge in [0.15, 0.2) is 13.2 Å². The molecule has 1 aromatic rings. The van der Waals surface area contributed by atoms with Crippen molar-refractivity contribution in [1.82, 2.24) is 5.32 Å². The van der Waals surface area contributed by atoms with E-state index in [2.05, 4.69) is 10.1 Å². The lowest BCUT2D eigenvalue weighted by Gasteiger charge is -2.18. The molecule has 0 fully saturated rings. The summed E-state index contributed by atoms with van der Waals surface area (Å²) in [6.45, 7) is 6.90. The van der Waals surface area contributed by atoms with Crippen LogP contribution in [0.1, 0.15) is 31.4 Å². The molecule has 1 amide bonds. The highest BCUT2D eigenvalue weighted by atomic mass is 16.6. The Hall–Kier alpha value is -2.57. The summed E-state index contributed by atoms with van der Waals surface area (Å²) in [5, 5.41) is 2.51. The Labute approximate surface area is 154 Å². The minimum Gasteiger partial charge on any atom is -0.482 e. The van der Waals surface area contributed by atoms with E-state index in [9.17, 15) is 14.4 Å². The van der Waals surface area contributed by atoms with Crippen LogP contribution in [0, 0.1) is 19.8 Å². The molecule has 1 N–H and O–H groups in total. The average molecular weight is 365 g/mol. The zero-order valence-corrected chi connectivity index (χ0v) is 16.0. The van der Waals surface area contributed by atoms with Crippen molar-refractivity contribution < 1.29 is 28.6 Å². The summed E-state index contributed by atoms with van der Waals surface area (Å²) in [4.78, 5) is 35.3. The first-order valence-electron chi connectivity index (χ1n) is 8.45. The van der Waals surface area contributed by atoms with Crippen molar-refractivity contribution in [3.05, 3.63) is 29.3 Å². The van der Waals surface area contributed by atoms with Crippen LogP contribution in [0.15, 0.2) is 18.2 Å². The van der Waals surface area contributed by atoms with Crippen LogP contribution < -0.4 is 10.1 Å². The molecule has 0 aliphatic carbocycles. The van der Waals surface area contributed by atoms with Crippen LogP contribution >= 0.6 is 0 Å². The third-order valence-corrected chi connectivity index (χ3v) is 3.57. The van der Waals surface area contributed by atoms with Crippen LogP contribution in [-0.4, -0.2) is 44.2 Å². The first kappa shape index (κ1) is 21.5. The quantitative estimate of drug-likeness (QED) is 0.673. The molecule has 0 aliphatic heterocycles. The zero-order chi connectivity index (χ0) is 19.7. The zero-order valence-electron chi connectivity index (χ0n) is 16.0. The summed E-state index contributed by atoms with van der Waals surface area (Å²) in [5.74, 6) is -0.996. The largest absolute Gasteiger partial charge is 0.482 e. The lowest BCUT2D eigenvalue weighted by Crippen LogP contribution is -2.44. The minimum absolute atomic E-state index is 0.188. The highest BCUT2D eigenvalue weighted by Gasteiger charge is 2.23. The van der Waals surface area contributed by atoms with Crippen LogP contribution in [-0.2, 0) is 23.9 Å². The van der Waals surface area contributed by atoms with E-state index in [0.29, 0.717) is 12.2 Å². The van der Waals surface area contributed by atoms with Gasteiger partial charge in [-0.1, -0.05) is 31.5 Å². The maximum Gasteiger partial charge on any atom is 0.344 e. The molecular weight excluding hydrogens is 338 g/mol. The highest BCUT2D eigenvalue weighted by molar-refractivity contribution is 5.86. The van der Waals surface area contributed by atoms with Crippen molar-refractivity contribution in [2.24, 2.45) is 5.92 Å². The Kier molecular flexibility index (Phi) is 8.61. The molecule has 0 bridgehead atoms. The van der Waals surface area contributed by atoms with E-state index in [-0.39, 0.29) is 12.5 Å². The lowest BCUT2D eigenvalue weighted by molar-refractivity contribution is -0.151. The van der Waals surface area contributed by atoms with Gasteiger partial charge in [0.05, 0.1) is 7.11 Å². The summed E-state index contributed by atoms with van der Waals surface area (Å²) < 4.78 is 14.9. The van der Waals surface area contributed by atoms with Gasteiger partial charge in [-0.15, -0.1) is 0 Å². The van der Waals surface area contributed by atoms with E-state index >= 15 is 0 Å². The number of rotatable bonds is 9. The van der Waals surface area contributed by atoms with Gasteiger partial charge >= 0.3 is 11.9 Å². The topological polar surface area (TPSA) is 90.9 Å². The van der Waals surface area contributed by atoms with Gasteiger partial charge in [-0.05, 0) is 37.8 Å². The predicted octanol–water partition coefficient (Wildman–Crippen LogP) is 1.93. The first-order chi connectivity index (χ1) is 12.2. The molecule has 0 aromatic heterocycles. The third kappa shape index (κ3) is 7.55. The van der Waals surface area contributed by atoms with Crippen molar-refractivity contribution in [2.45, 2.75) is 40.2 Å². The van der Waals surface area contributed by atoms with Crippen molar-refractivity contribution in [3.8, 4) is 5.75 Å². The van der Waals surface area contributed by atoms with Crippen LogP contribution in [0.25, 0.3) is 0 Å². The van der Waals surface area contributed by atoms with Crippen LogP contribution in [0.4, 0.5) is 0 Å². The van der Waals surface area contributed by atoms with E-state index in [4.69, 9.17) is 9.47 Å². The van der Waals surface area contributed by atoms with Crippen LogP contribution in [0.5, 0.6) is 5.75 Å². The fraction of sp³-hybridized carbons (Fsp3) is 0.526. The maximum atomic E-state index is 11.9. The van der Waals surface area contributed by atoms with Gasteiger partial charge < -0.3 is 19.5 Å². The number of carbonyl (C=O) groups excluding carboxylic acids is 3. The first-order valence-corrected chi connectivity index (χ1v) is 8.45. The van der Waals surface area contributed by atoms with Crippen LogP contribution in [0.2, 0.25) is 0 Å². The number of hydrogen-bond donors (Lipinski definition) is 1. The number of aryl methyl sites for hydroxylation is 2. The number of amides is 1. The second-order valence-corrected chi connectivity index (χ2v) is 6.49. The number of hydrogen-bond acceptors (Lipinski definition) is 6. The van der Waals surface area contributed by atoms with E-state index < -0.39 is 30.5 Å². The van der Waals surface area contributed by atoms with E-state index in [0.717, 1.165) is 11.1 Å². The van der Waals surface area contributed by atoms with Gasteiger partial charge in [0.2, 0.25) is 0 Å². The number of benzene rings is 1. The summed E-state index contributed by atoms with van der Waals surface area (Å²) in [5.41, 5.74) is 2.00.